The number of esters is 1. The lowest BCUT2D eigenvalue weighted by Crippen LogP contribution is -2.19. The summed E-state index contributed by atoms with van der Waals surface area (Å²) in [6.07, 6.45) is -0.792. The topological polar surface area (TPSA) is 46.5 Å². The first-order valence-corrected chi connectivity index (χ1v) is 5.03. The van der Waals surface area contributed by atoms with E-state index in [1.54, 1.807) is 0 Å². The molecule has 0 heterocycles. The number of ether oxygens (including phenoxy) is 1. The fourth-order valence-electron chi connectivity index (χ4n) is 0.340. The molecule has 0 aromatic carbocycles. The standard InChI is InChI=1S/C7H11ClO3.C4H8/c1-5(2)7(10)11-4-6(9)3-8;1-4(2)3/h6,9H,1,3-4H2,2H3;1H2,2-3H3. The first-order valence-electron chi connectivity index (χ1n) is 4.50. The molecule has 0 bridgehead atoms. The third-order valence-corrected chi connectivity index (χ3v) is 1.29. The molecule has 1 atom stereocenters. The van der Waals surface area contributed by atoms with Gasteiger partial charge in [0.25, 0.3) is 0 Å². The summed E-state index contributed by atoms with van der Waals surface area (Å²) in [4.78, 5) is 10.7. The molecule has 15 heavy (non-hydrogen) atoms. The molecule has 0 radical (unpaired) electrons. The molecule has 0 aromatic heterocycles. The molecule has 4 heteroatoms. The lowest BCUT2D eigenvalue weighted by atomic mass is 10.3. The second-order valence-corrected chi connectivity index (χ2v) is 3.70. The van der Waals surface area contributed by atoms with E-state index in [2.05, 4.69) is 17.9 Å². The Labute approximate surface area is 96.4 Å². The van der Waals surface area contributed by atoms with Crippen LogP contribution in [0.3, 0.4) is 0 Å². The normalized spacial score (nSPS) is 10.7. The predicted octanol–water partition coefficient (Wildman–Crippen LogP) is 2.29. The van der Waals surface area contributed by atoms with Crippen molar-refractivity contribution in [1.29, 1.82) is 0 Å². The summed E-state index contributed by atoms with van der Waals surface area (Å²) in [5.41, 5.74) is 1.48. The Hall–Kier alpha value is -0.800. The zero-order valence-electron chi connectivity index (χ0n) is 9.55. The molecular weight excluding hydrogens is 216 g/mol. The van der Waals surface area contributed by atoms with E-state index >= 15 is 0 Å². The third-order valence-electron chi connectivity index (χ3n) is 0.933. The highest BCUT2D eigenvalue weighted by Gasteiger charge is 2.07. The lowest BCUT2D eigenvalue weighted by molar-refractivity contribution is -0.141. The number of aliphatic hydroxyl groups excluding tert-OH is 1. The van der Waals surface area contributed by atoms with E-state index in [9.17, 15) is 4.79 Å². The van der Waals surface area contributed by atoms with Crippen LogP contribution in [-0.4, -0.2) is 29.7 Å². The van der Waals surface area contributed by atoms with Crippen molar-refractivity contribution >= 4 is 17.6 Å². The van der Waals surface area contributed by atoms with Gasteiger partial charge in [0.1, 0.15) is 12.7 Å². The Bertz CT molecular complexity index is 220. The van der Waals surface area contributed by atoms with Gasteiger partial charge in [-0.25, -0.2) is 4.79 Å². The Balaban J connectivity index is 0. The summed E-state index contributed by atoms with van der Waals surface area (Å²) >= 11 is 5.25. The van der Waals surface area contributed by atoms with Crippen LogP contribution in [0.2, 0.25) is 0 Å². The quantitative estimate of drug-likeness (QED) is 0.351. The summed E-state index contributed by atoms with van der Waals surface area (Å²) in [5, 5.41) is 8.85. The van der Waals surface area contributed by atoms with Crippen molar-refractivity contribution in [2.24, 2.45) is 0 Å². The van der Waals surface area contributed by atoms with Crippen LogP contribution in [0, 0.1) is 0 Å². The number of hydrogen-bond acceptors (Lipinski definition) is 3. The summed E-state index contributed by atoms with van der Waals surface area (Å²) in [6, 6.07) is 0. The Morgan fingerprint density at radius 2 is 1.80 bits per heavy atom. The number of alkyl halides is 1. The molecular formula is C11H19ClO3. The number of hydrogen-bond donors (Lipinski definition) is 1. The van der Waals surface area contributed by atoms with Crippen LogP contribution in [0.25, 0.3) is 0 Å². The molecule has 1 N–H and O–H groups in total. The Kier molecular flexibility index (Phi) is 10.8. The van der Waals surface area contributed by atoms with Gasteiger partial charge in [-0.1, -0.05) is 12.2 Å². The van der Waals surface area contributed by atoms with Crippen molar-refractivity contribution in [3.63, 3.8) is 0 Å². The fraction of sp³-hybridized carbons (Fsp3) is 0.545. The molecule has 0 aliphatic heterocycles. The van der Waals surface area contributed by atoms with Gasteiger partial charge in [-0.05, 0) is 20.8 Å². The molecule has 3 nitrogen and oxygen atoms in total. The molecule has 0 rings (SSSR count). The van der Waals surface area contributed by atoms with E-state index in [1.165, 1.54) is 12.5 Å². The van der Waals surface area contributed by atoms with Crippen molar-refractivity contribution in [1.82, 2.24) is 0 Å². The maximum absolute atomic E-state index is 10.7. The minimum atomic E-state index is -0.792. The van der Waals surface area contributed by atoms with Crippen LogP contribution in [0.1, 0.15) is 20.8 Å². The van der Waals surface area contributed by atoms with Crippen LogP contribution >= 0.6 is 11.6 Å². The summed E-state index contributed by atoms with van der Waals surface area (Å²) in [7, 11) is 0. The van der Waals surface area contributed by atoms with Crippen LogP contribution in [0.4, 0.5) is 0 Å². The molecule has 0 saturated heterocycles. The number of halogens is 1. The van der Waals surface area contributed by atoms with E-state index in [0.717, 1.165) is 0 Å². The van der Waals surface area contributed by atoms with Gasteiger partial charge < -0.3 is 9.84 Å². The van der Waals surface area contributed by atoms with Crippen LogP contribution in [0.5, 0.6) is 0 Å². The first-order chi connectivity index (χ1) is 6.81. The molecule has 1 unspecified atom stereocenters. The molecule has 0 amide bonds. The van der Waals surface area contributed by atoms with Crippen molar-refractivity contribution in [2.75, 3.05) is 12.5 Å². The molecule has 0 spiro atoms. The monoisotopic (exact) mass is 234 g/mol. The third kappa shape index (κ3) is 15.9. The van der Waals surface area contributed by atoms with Crippen LogP contribution in [-0.2, 0) is 9.53 Å². The van der Waals surface area contributed by atoms with Crippen molar-refractivity contribution < 1.29 is 14.6 Å². The average molecular weight is 235 g/mol. The fourth-order valence-corrected chi connectivity index (χ4v) is 0.429. The van der Waals surface area contributed by atoms with E-state index in [4.69, 9.17) is 16.7 Å². The molecule has 0 aromatic rings. The van der Waals surface area contributed by atoms with Gasteiger partial charge in [-0.2, -0.15) is 0 Å². The minimum Gasteiger partial charge on any atom is -0.460 e. The van der Waals surface area contributed by atoms with Gasteiger partial charge in [0.2, 0.25) is 0 Å². The number of aliphatic hydroxyl groups is 1. The predicted molar refractivity (Wildman–Crippen MR) is 63.0 cm³/mol. The summed E-state index contributed by atoms with van der Waals surface area (Å²) in [5.74, 6) is -0.446. The summed E-state index contributed by atoms with van der Waals surface area (Å²) in [6.45, 7) is 12.3. The highest BCUT2D eigenvalue weighted by molar-refractivity contribution is 6.18. The maximum Gasteiger partial charge on any atom is 0.333 e. The highest BCUT2D eigenvalue weighted by Crippen LogP contribution is 1.95. The smallest absolute Gasteiger partial charge is 0.333 e. The van der Waals surface area contributed by atoms with E-state index < -0.39 is 12.1 Å². The number of rotatable bonds is 4. The Morgan fingerprint density at radius 3 is 2.07 bits per heavy atom. The SMILES string of the molecule is C=C(C)C.C=C(C)C(=O)OCC(O)CCl. The van der Waals surface area contributed by atoms with Gasteiger partial charge in [0, 0.05) is 5.57 Å². The second-order valence-electron chi connectivity index (χ2n) is 3.39. The first kappa shape index (κ1) is 16.6. The van der Waals surface area contributed by atoms with Gasteiger partial charge in [0.15, 0.2) is 0 Å². The van der Waals surface area contributed by atoms with Gasteiger partial charge in [0.05, 0.1) is 5.88 Å². The zero-order valence-corrected chi connectivity index (χ0v) is 10.3. The number of carbonyl (C=O) groups excluding carboxylic acids is 1. The van der Waals surface area contributed by atoms with Crippen molar-refractivity contribution in [3.8, 4) is 0 Å². The summed E-state index contributed by atoms with van der Waals surface area (Å²) < 4.78 is 4.58. The number of carbonyl (C=O) groups is 1. The van der Waals surface area contributed by atoms with Gasteiger partial charge in [-0.15, -0.1) is 18.2 Å². The van der Waals surface area contributed by atoms with Crippen LogP contribution < -0.4 is 0 Å². The lowest BCUT2D eigenvalue weighted by Gasteiger charge is -2.07. The van der Waals surface area contributed by atoms with Crippen LogP contribution in [0.15, 0.2) is 24.3 Å². The van der Waals surface area contributed by atoms with E-state index in [-0.39, 0.29) is 12.5 Å². The minimum absolute atomic E-state index is 0.0590. The van der Waals surface area contributed by atoms with Crippen molar-refractivity contribution in [2.45, 2.75) is 26.9 Å². The van der Waals surface area contributed by atoms with Crippen molar-refractivity contribution in [3.05, 3.63) is 24.3 Å². The van der Waals surface area contributed by atoms with E-state index in [1.807, 2.05) is 13.8 Å². The molecule has 0 aliphatic rings. The largest absolute Gasteiger partial charge is 0.460 e. The van der Waals surface area contributed by atoms with Gasteiger partial charge in [-0.3, -0.25) is 0 Å². The molecule has 0 fully saturated rings. The number of allylic oxidation sites excluding steroid dienone is 1. The highest BCUT2D eigenvalue weighted by atomic mass is 35.5. The molecule has 88 valence electrons. The second kappa shape index (κ2) is 9.74. The van der Waals surface area contributed by atoms with Gasteiger partial charge >= 0.3 is 5.97 Å². The maximum atomic E-state index is 10.7. The molecule has 0 aliphatic carbocycles. The molecule has 0 saturated carbocycles. The Morgan fingerprint density at radius 1 is 1.40 bits per heavy atom. The van der Waals surface area contributed by atoms with E-state index in [0.29, 0.717) is 5.57 Å². The zero-order chi connectivity index (χ0) is 12.4. The average Bonchev–Trinajstić information content (AvgIpc) is 2.12.